The molecular formula is C15H18N2O3S. The van der Waals surface area contributed by atoms with E-state index in [0.29, 0.717) is 18.0 Å². The van der Waals surface area contributed by atoms with Gasteiger partial charge in [-0.25, -0.2) is 0 Å². The van der Waals surface area contributed by atoms with Gasteiger partial charge in [0.2, 0.25) is 5.91 Å². The Hall–Kier alpha value is -1.84. The lowest BCUT2D eigenvalue weighted by Crippen LogP contribution is -2.37. The monoisotopic (exact) mass is 306 g/mol. The lowest BCUT2D eigenvalue weighted by molar-refractivity contribution is -0.119. The van der Waals surface area contributed by atoms with E-state index in [1.165, 1.54) is 18.3 Å². The summed E-state index contributed by atoms with van der Waals surface area (Å²) in [4.78, 5) is 26.7. The lowest BCUT2D eigenvalue weighted by Gasteiger charge is -2.15. The van der Waals surface area contributed by atoms with Gasteiger partial charge in [-0.2, -0.15) is 0 Å². The molecule has 1 fully saturated rings. The number of rotatable bonds is 2. The molecule has 6 heteroatoms. The van der Waals surface area contributed by atoms with Crippen molar-refractivity contribution in [2.45, 2.75) is 26.3 Å². The molecule has 0 radical (unpaired) electrons. The van der Waals surface area contributed by atoms with Crippen molar-refractivity contribution in [3.63, 3.8) is 0 Å². The first-order chi connectivity index (χ1) is 10.0. The molecule has 2 heterocycles. The van der Waals surface area contributed by atoms with Gasteiger partial charge in [0.05, 0.1) is 9.75 Å². The number of nitrogens with one attached hydrogen (secondary N) is 1. The first kappa shape index (κ1) is 15.5. The third-order valence-corrected chi connectivity index (χ3v) is 4.43. The Morgan fingerprint density at radius 1 is 1.57 bits per heavy atom. The predicted molar refractivity (Wildman–Crippen MR) is 81.1 cm³/mol. The van der Waals surface area contributed by atoms with Gasteiger partial charge in [0.1, 0.15) is 6.61 Å². The van der Waals surface area contributed by atoms with Crippen molar-refractivity contribution in [3.05, 3.63) is 21.4 Å². The van der Waals surface area contributed by atoms with E-state index in [4.69, 9.17) is 5.11 Å². The Kier molecular flexibility index (Phi) is 4.99. The van der Waals surface area contributed by atoms with Gasteiger partial charge in [-0.3, -0.25) is 9.59 Å². The average molecular weight is 306 g/mol. The summed E-state index contributed by atoms with van der Waals surface area (Å²) in [6, 6.07) is 1.88. The fourth-order valence-electron chi connectivity index (χ4n) is 2.34. The number of aliphatic hydroxyl groups excluding tert-OH is 1. The minimum Gasteiger partial charge on any atom is -0.384 e. The number of hydrogen-bond acceptors (Lipinski definition) is 4. The minimum atomic E-state index is -0.189. The van der Waals surface area contributed by atoms with Gasteiger partial charge in [-0.15, -0.1) is 11.3 Å². The maximum atomic E-state index is 12.4. The van der Waals surface area contributed by atoms with Gasteiger partial charge < -0.3 is 15.3 Å². The molecule has 2 amide bonds. The van der Waals surface area contributed by atoms with Crippen LogP contribution in [0.2, 0.25) is 0 Å². The highest BCUT2D eigenvalue weighted by molar-refractivity contribution is 7.14. The molecule has 5 nitrogen and oxygen atoms in total. The van der Waals surface area contributed by atoms with Gasteiger partial charge in [0.25, 0.3) is 5.91 Å². The van der Waals surface area contributed by atoms with Crippen molar-refractivity contribution in [3.8, 4) is 11.8 Å². The van der Waals surface area contributed by atoms with Crippen molar-refractivity contribution < 1.29 is 14.7 Å². The molecule has 0 bridgehead atoms. The summed E-state index contributed by atoms with van der Waals surface area (Å²) in [7, 11) is 0. The van der Waals surface area contributed by atoms with Crippen molar-refractivity contribution in [2.24, 2.45) is 0 Å². The van der Waals surface area contributed by atoms with E-state index in [9.17, 15) is 9.59 Å². The van der Waals surface area contributed by atoms with E-state index < -0.39 is 0 Å². The molecule has 1 aliphatic rings. The maximum Gasteiger partial charge on any atom is 0.264 e. The molecule has 2 rings (SSSR count). The first-order valence-corrected chi connectivity index (χ1v) is 7.59. The van der Waals surface area contributed by atoms with E-state index in [1.807, 2.05) is 13.0 Å². The molecule has 21 heavy (non-hydrogen) atoms. The molecule has 0 aromatic carbocycles. The third-order valence-electron chi connectivity index (χ3n) is 3.29. The zero-order valence-electron chi connectivity index (χ0n) is 12.1. The quantitative estimate of drug-likeness (QED) is 0.792. The number of aryl methyl sites for hydroxylation is 1. The zero-order valence-corrected chi connectivity index (χ0v) is 12.9. The SMILES string of the molecule is CC(=O)NC1CCN(C(=O)c2cc(C)c(C#CCO)s2)C1. The van der Waals surface area contributed by atoms with E-state index in [1.54, 1.807) is 4.90 Å². The lowest BCUT2D eigenvalue weighted by atomic mass is 10.2. The van der Waals surface area contributed by atoms with Crippen LogP contribution in [0.3, 0.4) is 0 Å². The van der Waals surface area contributed by atoms with Crippen LogP contribution in [0.4, 0.5) is 0 Å². The summed E-state index contributed by atoms with van der Waals surface area (Å²) in [5.41, 5.74) is 0.946. The van der Waals surface area contributed by atoms with Crippen molar-refractivity contribution >= 4 is 23.2 Å². The smallest absolute Gasteiger partial charge is 0.264 e. The first-order valence-electron chi connectivity index (χ1n) is 6.77. The Labute approximate surface area is 128 Å². The second kappa shape index (κ2) is 6.74. The normalized spacial score (nSPS) is 17.3. The van der Waals surface area contributed by atoms with E-state index in [2.05, 4.69) is 17.2 Å². The molecule has 1 atom stereocenters. The fourth-order valence-corrected chi connectivity index (χ4v) is 3.35. The van der Waals surface area contributed by atoms with Gasteiger partial charge in [0.15, 0.2) is 0 Å². The van der Waals surface area contributed by atoms with Crippen LogP contribution in [0.5, 0.6) is 0 Å². The van der Waals surface area contributed by atoms with Crippen molar-refractivity contribution in [1.82, 2.24) is 10.2 Å². The predicted octanol–water partition coefficient (Wildman–Crippen LogP) is 0.751. The van der Waals surface area contributed by atoms with Crippen LogP contribution in [0, 0.1) is 18.8 Å². The number of nitrogens with zero attached hydrogens (tertiary/aromatic N) is 1. The Morgan fingerprint density at radius 3 is 3.00 bits per heavy atom. The minimum absolute atomic E-state index is 0.0204. The van der Waals surface area contributed by atoms with Crippen LogP contribution in [-0.2, 0) is 4.79 Å². The van der Waals surface area contributed by atoms with Crippen LogP contribution < -0.4 is 5.32 Å². The van der Waals surface area contributed by atoms with E-state index in [0.717, 1.165) is 16.9 Å². The molecule has 0 saturated carbocycles. The van der Waals surface area contributed by atoms with Gasteiger partial charge >= 0.3 is 0 Å². The average Bonchev–Trinajstić information content (AvgIpc) is 3.02. The van der Waals surface area contributed by atoms with E-state index in [-0.39, 0.29) is 24.5 Å². The number of hydrogen-bond donors (Lipinski definition) is 2. The summed E-state index contributed by atoms with van der Waals surface area (Å²) in [5, 5.41) is 11.6. The molecule has 0 aliphatic carbocycles. The molecular weight excluding hydrogens is 288 g/mol. The van der Waals surface area contributed by atoms with Crippen LogP contribution >= 0.6 is 11.3 Å². The standard InChI is InChI=1S/C15H18N2O3S/c1-10-8-14(21-13(10)4-3-7-18)15(20)17-6-5-12(9-17)16-11(2)19/h8,12,18H,5-7,9H2,1-2H3,(H,16,19). The molecule has 1 aliphatic heterocycles. The number of thiophene rings is 1. The summed E-state index contributed by atoms with van der Waals surface area (Å²) in [6.45, 7) is 4.40. The third kappa shape index (κ3) is 3.84. The molecule has 1 aromatic rings. The van der Waals surface area contributed by atoms with Crippen molar-refractivity contribution in [1.29, 1.82) is 0 Å². The summed E-state index contributed by atoms with van der Waals surface area (Å²) < 4.78 is 0. The topological polar surface area (TPSA) is 69.6 Å². The van der Waals surface area contributed by atoms with Gasteiger partial charge in [0, 0.05) is 26.1 Å². The number of likely N-dealkylation sites (tertiary alicyclic amines) is 1. The second-order valence-electron chi connectivity index (χ2n) is 5.02. The van der Waals surface area contributed by atoms with Crippen LogP contribution in [0.15, 0.2) is 6.07 Å². The van der Waals surface area contributed by atoms with Crippen LogP contribution in [0.25, 0.3) is 0 Å². The summed E-state index contributed by atoms with van der Waals surface area (Å²) in [5.74, 6) is 5.37. The Morgan fingerprint density at radius 2 is 2.33 bits per heavy atom. The number of carbonyl (C=O) groups is 2. The largest absolute Gasteiger partial charge is 0.384 e. The maximum absolute atomic E-state index is 12.4. The molecule has 0 spiro atoms. The summed E-state index contributed by atoms with van der Waals surface area (Å²) >= 11 is 1.35. The van der Waals surface area contributed by atoms with Crippen LogP contribution in [0.1, 0.15) is 33.5 Å². The number of amides is 2. The molecule has 1 aromatic heterocycles. The number of carbonyl (C=O) groups excluding carboxylic acids is 2. The fraction of sp³-hybridized carbons (Fsp3) is 0.467. The number of aliphatic hydroxyl groups is 1. The highest BCUT2D eigenvalue weighted by atomic mass is 32.1. The second-order valence-corrected chi connectivity index (χ2v) is 6.07. The van der Waals surface area contributed by atoms with Crippen LogP contribution in [-0.4, -0.2) is 47.6 Å². The van der Waals surface area contributed by atoms with E-state index >= 15 is 0 Å². The van der Waals surface area contributed by atoms with Crippen molar-refractivity contribution in [2.75, 3.05) is 19.7 Å². The molecule has 112 valence electrons. The molecule has 2 N–H and O–H groups in total. The molecule has 1 saturated heterocycles. The zero-order chi connectivity index (χ0) is 15.4. The Balaban J connectivity index is 2.06. The highest BCUT2D eigenvalue weighted by Crippen LogP contribution is 2.24. The highest BCUT2D eigenvalue weighted by Gasteiger charge is 2.28. The molecule has 1 unspecified atom stereocenters. The van der Waals surface area contributed by atoms with Gasteiger partial charge in [-0.05, 0) is 25.0 Å². The Bertz CT molecular complexity index is 612. The van der Waals surface area contributed by atoms with Gasteiger partial charge in [-0.1, -0.05) is 11.8 Å². The summed E-state index contributed by atoms with van der Waals surface area (Å²) in [6.07, 6.45) is 0.785.